The first-order chi connectivity index (χ1) is 11.0. The minimum absolute atomic E-state index is 0.0233. The van der Waals surface area contributed by atoms with Crippen LogP contribution in [0.25, 0.3) is 0 Å². The average molecular weight is 321 g/mol. The Morgan fingerprint density at radius 1 is 1.39 bits per heavy atom. The molecule has 1 aromatic rings. The highest BCUT2D eigenvalue weighted by Crippen LogP contribution is 2.16. The Bertz CT molecular complexity index is 577. The Morgan fingerprint density at radius 2 is 2.17 bits per heavy atom. The van der Waals surface area contributed by atoms with Crippen molar-refractivity contribution in [1.29, 1.82) is 0 Å². The zero-order valence-electron chi connectivity index (χ0n) is 13.7. The van der Waals surface area contributed by atoms with E-state index in [-0.39, 0.29) is 30.3 Å². The van der Waals surface area contributed by atoms with Crippen molar-refractivity contribution in [1.82, 2.24) is 10.2 Å². The quantitative estimate of drug-likeness (QED) is 0.873. The van der Waals surface area contributed by atoms with Crippen molar-refractivity contribution in [3.05, 3.63) is 29.6 Å². The van der Waals surface area contributed by atoms with E-state index < -0.39 is 5.82 Å². The lowest BCUT2D eigenvalue weighted by atomic mass is 10.1. The Hall–Kier alpha value is -1.95. The summed E-state index contributed by atoms with van der Waals surface area (Å²) >= 11 is 0. The fourth-order valence-corrected chi connectivity index (χ4v) is 2.65. The highest BCUT2D eigenvalue weighted by molar-refractivity contribution is 5.93. The molecule has 23 heavy (non-hydrogen) atoms. The third kappa shape index (κ3) is 5.03. The number of nitrogens with zero attached hydrogens (tertiary/aromatic N) is 1. The van der Waals surface area contributed by atoms with Gasteiger partial charge in [0.15, 0.2) is 0 Å². The number of hydrogen-bond donors (Lipinski definition) is 2. The normalized spacial score (nSPS) is 17.9. The lowest BCUT2D eigenvalue weighted by Gasteiger charge is -2.33. The van der Waals surface area contributed by atoms with Crippen LogP contribution in [0.15, 0.2) is 18.2 Å². The van der Waals surface area contributed by atoms with Gasteiger partial charge in [-0.1, -0.05) is 13.0 Å². The number of piperazine rings is 1. The molecular weight excluding hydrogens is 297 g/mol. The maximum absolute atomic E-state index is 13.6. The molecule has 0 radical (unpaired) electrons. The summed E-state index contributed by atoms with van der Waals surface area (Å²) in [5.41, 5.74) is 1.03. The topological polar surface area (TPSA) is 61.4 Å². The molecule has 0 aromatic heterocycles. The summed E-state index contributed by atoms with van der Waals surface area (Å²) in [7, 11) is 0. The zero-order chi connectivity index (χ0) is 16.8. The van der Waals surface area contributed by atoms with Crippen LogP contribution < -0.4 is 10.6 Å². The Labute approximate surface area is 136 Å². The monoisotopic (exact) mass is 321 g/mol. The molecule has 2 amide bonds. The van der Waals surface area contributed by atoms with Crippen LogP contribution in [0, 0.1) is 12.7 Å². The first kappa shape index (κ1) is 17.4. The Morgan fingerprint density at radius 3 is 2.91 bits per heavy atom. The van der Waals surface area contributed by atoms with Gasteiger partial charge in [0.1, 0.15) is 5.82 Å². The molecule has 2 rings (SSSR count). The highest BCUT2D eigenvalue weighted by Gasteiger charge is 2.22. The molecule has 0 spiro atoms. The van der Waals surface area contributed by atoms with Gasteiger partial charge >= 0.3 is 0 Å². The van der Waals surface area contributed by atoms with E-state index >= 15 is 0 Å². The van der Waals surface area contributed by atoms with Crippen LogP contribution >= 0.6 is 0 Å². The van der Waals surface area contributed by atoms with E-state index in [0.717, 1.165) is 18.5 Å². The molecule has 2 N–H and O–H groups in total. The van der Waals surface area contributed by atoms with Gasteiger partial charge in [-0.05, 0) is 31.0 Å². The molecule has 0 saturated carbocycles. The first-order valence-corrected chi connectivity index (χ1v) is 8.06. The van der Waals surface area contributed by atoms with Gasteiger partial charge in [-0.3, -0.25) is 9.59 Å². The SMILES string of the molecule is CC[C@H]1CN(C(=O)CCC(=O)Nc2cc(C)ccc2F)CCN1. The number of aryl methyl sites for hydroxylation is 1. The van der Waals surface area contributed by atoms with Gasteiger partial charge in [0.2, 0.25) is 11.8 Å². The van der Waals surface area contributed by atoms with Gasteiger partial charge in [0.05, 0.1) is 5.69 Å². The van der Waals surface area contributed by atoms with Crippen molar-refractivity contribution in [2.45, 2.75) is 39.2 Å². The third-order valence-corrected chi connectivity index (χ3v) is 4.06. The van der Waals surface area contributed by atoms with Gasteiger partial charge in [-0.2, -0.15) is 0 Å². The van der Waals surface area contributed by atoms with E-state index in [0.29, 0.717) is 19.1 Å². The molecule has 1 fully saturated rings. The molecule has 0 unspecified atom stereocenters. The second-order valence-electron chi connectivity index (χ2n) is 5.93. The summed E-state index contributed by atoms with van der Waals surface area (Å²) in [6.45, 7) is 6.04. The second-order valence-corrected chi connectivity index (χ2v) is 5.93. The van der Waals surface area contributed by atoms with E-state index in [9.17, 15) is 14.0 Å². The minimum Gasteiger partial charge on any atom is -0.340 e. The smallest absolute Gasteiger partial charge is 0.224 e. The highest BCUT2D eigenvalue weighted by atomic mass is 19.1. The zero-order valence-corrected chi connectivity index (χ0v) is 13.7. The summed E-state index contributed by atoms with van der Waals surface area (Å²) in [4.78, 5) is 25.9. The van der Waals surface area contributed by atoms with E-state index in [4.69, 9.17) is 0 Å². The molecule has 1 aliphatic rings. The van der Waals surface area contributed by atoms with Gasteiger partial charge < -0.3 is 15.5 Å². The van der Waals surface area contributed by atoms with Crippen LogP contribution in [0.2, 0.25) is 0 Å². The molecule has 1 aromatic carbocycles. The molecule has 1 atom stereocenters. The largest absolute Gasteiger partial charge is 0.340 e. The molecular formula is C17H24FN3O2. The van der Waals surface area contributed by atoms with Crippen molar-refractivity contribution in [2.75, 3.05) is 25.0 Å². The average Bonchev–Trinajstić information content (AvgIpc) is 2.56. The van der Waals surface area contributed by atoms with E-state index in [2.05, 4.69) is 17.6 Å². The first-order valence-electron chi connectivity index (χ1n) is 8.06. The van der Waals surface area contributed by atoms with Crippen molar-refractivity contribution in [3.8, 4) is 0 Å². The molecule has 0 bridgehead atoms. The summed E-state index contributed by atoms with van der Waals surface area (Å²) in [6, 6.07) is 4.87. The predicted molar refractivity (Wildman–Crippen MR) is 87.7 cm³/mol. The maximum Gasteiger partial charge on any atom is 0.224 e. The molecule has 0 aliphatic carbocycles. The maximum atomic E-state index is 13.6. The van der Waals surface area contributed by atoms with Crippen LogP contribution in [-0.2, 0) is 9.59 Å². The fourth-order valence-electron chi connectivity index (χ4n) is 2.65. The van der Waals surface area contributed by atoms with Gasteiger partial charge in [0.25, 0.3) is 0 Å². The second kappa shape index (κ2) is 8.06. The Kier molecular flexibility index (Phi) is 6.10. The van der Waals surface area contributed by atoms with Crippen LogP contribution in [-0.4, -0.2) is 42.4 Å². The summed E-state index contributed by atoms with van der Waals surface area (Å²) in [5.74, 6) is -0.835. The van der Waals surface area contributed by atoms with Crippen molar-refractivity contribution in [3.63, 3.8) is 0 Å². The summed E-state index contributed by atoms with van der Waals surface area (Å²) < 4.78 is 13.6. The summed E-state index contributed by atoms with van der Waals surface area (Å²) in [6.07, 6.45) is 1.18. The number of hydrogen-bond acceptors (Lipinski definition) is 3. The molecule has 5 nitrogen and oxygen atoms in total. The molecule has 126 valence electrons. The van der Waals surface area contributed by atoms with Crippen molar-refractivity contribution < 1.29 is 14.0 Å². The van der Waals surface area contributed by atoms with E-state index in [1.54, 1.807) is 17.0 Å². The van der Waals surface area contributed by atoms with Gasteiger partial charge in [0, 0.05) is 38.5 Å². The number of amides is 2. The van der Waals surface area contributed by atoms with E-state index in [1.165, 1.54) is 6.07 Å². The fraction of sp³-hybridized carbons (Fsp3) is 0.529. The van der Waals surface area contributed by atoms with Crippen LogP contribution in [0.1, 0.15) is 31.7 Å². The number of carbonyl (C=O) groups is 2. The molecule has 1 saturated heterocycles. The molecule has 1 heterocycles. The number of halogens is 1. The van der Waals surface area contributed by atoms with E-state index in [1.807, 2.05) is 6.92 Å². The van der Waals surface area contributed by atoms with Gasteiger partial charge in [-0.15, -0.1) is 0 Å². The summed E-state index contributed by atoms with van der Waals surface area (Å²) in [5, 5.41) is 5.88. The minimum atomic E-state index is -0.469. The van der Waals surface area contributed by atoms with Gasteiger partial charge in [-0.25, -0.2) is 4.39 Å². The number of nitrogens with one attached hydrogen (secondary N) is 2. The van der Waals surface area contributed by atoms with Crippen molar-refractivity contribution >= 4 is 17.5 Å². The molecule has 6 heteroatoms. The Balaban J connectivity index is 1.82. The number of anilines is 1. The number of rotatable bonds is 5. The van der Waals surface area contributed by atoms with Crippen molar-refractivity contribution in [2.24, 2.45) is 0 Å². The predicted octanol–water partition coefficient (Wildman–Crippen LogP) is 2.06. The van der Waals surface area contributed by atoms with Crippen LogP contribution in [0.4, 0.5) is 10.1 Å². The lowest BCUT2D eigenvalue weighted by Crippen LogP contribution is -2.52. The standard InChI is InChI=1S/C17H24FN3O2/c1-3-13-11-21(9-8-19-13)17(23)7-6-16(22)20-15-10-12(2)4-5-14(15)18/h4-5,10,13,19H,3,6-9,11H2,1-2H3,(H,20,22)/t13-/m0/s1. The third-order valence-electron chi connectivity index (χ3n) is 4.06. The number of benzene rings is 1. The van der Waals surface area contributed by atoms with Crippen LogP contribution in [0.5, 0.6) is 0 Å². The molecule has 1 aliphatic heterocycles. The van der Waals surface area contributed by atoms with Crippen LogP contribution in [0.3, 0.4) is 0 Å². The number of carbonyl (C=O) groups excluding carboxylic acids is 2. The lowest BCUT2D eigenvalue weighted by molar-refractivity contribution is -0.134.